The van der Waals surface area contributed by atoms with Gasteiger partial charge in [0.15, 0.2) is 0 Å². The summed E-state index contributed by atoms with van der Waals surface area (Å²) in [5, 5.41) is 22.3. The number of aromatic amines is 1. The average Bonchev–Trinajstić information content (AvgIpc) is 2.98. The third kappa shape index (κ3) is 5.01. The first kappa shape index (κ1) is 19.2. The summed E-state index contributed by atoms with van der Waals surface area (Å²) in [5.41, 5.74) is 7.02. The fourth-order valence-electron chi connectivity index (χ4n) is 2.63. The fraction of sp³-hybridized carbons (Fsp3) is 0.211. The van der Waals surface area contributed by atoms with Gasteiger partial charge in [0.25, 0.3) is 0 Å². The van der Waals surface area contributed by atoms with Gasteiger partial charge in [0.2, 0.25) is 5.88 Å². The topological polar surface area (TPSA) is 121 Å². The van der Waals surface area contributed by atoms with Gasteiger partial charge in [-0.15, -0.1) is 0 Å². The van der Waals surface area contributed by atoms with Crippen molar-refractivity contribution in [3.05, 3.63) is 54.1 Å². The standard InChI is InChI=1S/C19H21N3O4S/c20-19(25)26-18-17(27-14-4-2-1-3-5-14)15-8-12(6-7-16(15)22-18)9-21-10-13(24)11-23/h1-8,13,21-24H,9-11H2,(H2,20,25). The third-order valence-electron chi connectivity index (χ3n) is 3.87. The maximum atomic E-state index is 11.3. The van der Waals surface area contributed by atoms with Crippen LogP contribution in [-0.4, -0.2) is 40.5 Å². The number of primary amides is 1. The maximum absolute atomic E-state index is 11.3. The van der Waals surface area contributed by atoms with Gasteiger partial charge in [-0.3, -0.25) is 0 Å². The van der Waals surface area contributed by atoms with Gasteiger partial charge in [0.1, 0.15) is 0 Å². The second kappa shape index (κ2) is 8.92. The molecule has 3 aromatic rings. The highest BCUT2D eigenvalue weighted by atomic mass is 32.2. The monoisotopic (exact) mass is 387 g/mol. The van der Waals surface area contributed by atoms with Crippen LogP contribution in [0, 0.1) is 0 Å². The summed E-state index contributed by atoms with van der Waals surface area (Å²) < 4.78 is 5.16. The van der Waals surface area contributed by atoms with E-state index in [0.717, 1.165) is 26.3 Å². The van der Waals surface area contributed by atoms with Crippen molar-refractivity contribution < 1.29 is 19.7 Å². The number of carbonyl (C=O) groups is 1. The van der Waals surface area contributed by atoms with Gasteiger partial charge in [-0.05, 0) is 29.8 Å². The molecule has 3 rings (SSSR count). The minimum Gasteiger partial charge on any atom is -0.394 e. The molecule has 1 amide bonds. The molecule has 1 aromatic heterocycles. The molecule has 0 bridgehead atoms. The Morgan fingerprint density at radius 2 is 2.04 bits per heavy atom. The van der Waals surface area contributed by atoms with E-state index in [1.54, 1.807) is 0 Å². The van der Waals surface area contributed by atoms with Gasteiger partial charge in [0, 0.05) is 28.9 Å². The summed E-state index contributed by atoms with van der Waals surface area (Å²) in [6.07, 6.45) is -1.67. The second-order valence-electron chi connectivity index (χ2n) is 5.97. The average molecular weight is 387 g/mol. The van der Waals surface area contributed by atoms with Crippen LogP contribution in [-0.2, 0) is 6.54 Å². The van der Waals surface area contributed by atoms with E-state index < -0.39 is 12.2 Å². The van der Waals surface area contributed by atoms with Gasteiger partial charge in [-0.25, -0.2) is 4.79 Å². The molecular formula is C19H21N3O4S. The molecule has 0 saturated carbocycles. The van der Waals surface area contributed by atoms with Crippen LogP contribution >= 0.6 is 11.8 Å². The molecule has 2 aromatic carbocycles. The van der Waals surface area contributed by atoms with Crippen LogP contribution in [0.5, 0.6) is 5.88 Å². The van der Waals surface area contributed by atoms with Gasteiger partial charge >= 0.3 is 6.09 Å². The first-order valence-corrected chi connectivity index (χ1v) is 9.23. The summed E-state index contributed by atoms with van der Waals surface area (Å²) in [5.74, 6) is 0.312. The lowest BCUT2D eigenvalue weighted by molar-refractivity contribution is 0.0942. The Morgan fingerprint density at radius 1 is 1.26 bits per heavy atom. The highest BCUT2D eigenvalue weighted by Crippen LogP contribution is 2.41. The number of fused-ring (bicyclic) bond motifs is 1. The Kier molecular flexibility index (Phi) is 6.36. The lowest BCUT2D eigenvalue weighted by atomic mass is 10.1. The Bertz CT molecular complexity index is 914. The normalized spacial score (nSPS) is 12.2. The highest BCUT2D eigenvalue weighted by Gasteiger charge is 2.17. The van der Waals surface area contributed by atoms with Crippen molar-refractivity contribution in [2.24, 2.45) is 5.73 Å². The van der Waals surface area contributed by atoms with Crippen molar-refractivity contribution in [1.82, 2.24) is 10.3 Å². The first-order valence-electron chi connectivity index (χ1n) is 8.41. The number of ether oxygens (including phenoxy) is 1. The molecule has 8 heteroatoms. The van der Waals surface area contributed by atoms with E-state index in [-0.39, 0.29) is 6.61 Å². The number of amides is 1. The molecule has 0 saturated heterocycles. The Balaban J connectivity index is 1.90. The second-order valence-corrected chi connectivity index (χ2v) is 7.05. The molecule has 0 radical (unpaired) electrons. The number of nitrogens with two attached hydrogens (primary N) is 1. The van der Waals surface area contributed by atoms with Crippen LogP contribution in [0.2, 0.25) is 0 Å². The van der Waals surface area contributed by atoms with E-state index in [1.807, 2.05) is 48.5 Å². The van der Waals surface area contributed by atoms with Crippen LogP contribution in [0.15, 0.2) is 58.3 Å². The quantitative estimate of drug-likeness (QED) is 0.404. The molecular weight excluding hydrogens is 366 g/mol. The number of H-pyrrole nitrogens is 1. The molecule has 6 N–H and O–H groups in total. The highest BCUT2D eigenvalue weighted by molar-refractivity contribution is 7.99. The van der Waals surface area contributed by atoms with Gasteiger partial charge in [-0.2, -0.15) is 0 Å². The van der Waals surface area contributed by atoms with Crippen molar-refractivity contribution in [2.45, 2.75) is 22.4 Å². The van der Waals surface area contributed by atoms with E-state index in [0.29, 0.717) is 19.0 Å². The van der Waals surface area contributed by atoms with Crippen molar-refractivity contribution in [2.75, 3.05) is 13.2 Å². The summed E-state index contributed by atoms with van der Waals surface area (Å²) >= 11 is 1.48. The number of aliphatic hydroxyl groups excluding tert-OH is 2. The molecule has 1 unspecified atom stereocenters. The van der Waals surface area contributed by atoms with Crippen molar-refractivity contribution in [3.8, 4) is 5.88 Å². The van der Waals surface area contributed by atoms with E-state index in [9.17, 15) is 9.90 Å². The van der Waals surface area contributed by atoms with E-state index in [1.165, 1.54) is 11.8 Å². The molecule has 0 aliphatic carbocycles. The van der Waals surface area contributed by atoms with Crippen LogP contribution in [0.1, 0.15) is 5.56 Å². The summed E-state index contributed by atoms with van der Waals surface area (Å²) in [6, 6.07) is 15.6. The van der Waals surface area contributed by atoms with Crippen LogP contribution in [0.3, 0.4) is 0 Å². The Labute approximate surface area is 160 Å². The van der Waals surface area contributed by atoms with Crippen molar-refractivity contribution in [1.29, 1.82) is 0 Å². The van der Waals surface area contributed by atoms with Crippen LogP contribution in [0.25, 0.3) is 10.9 Å². The van der Waals surface area contributed by atoms with Gasteiger partial charge in [0.05, 0.1) is 17.6 Å². The van der Waals surface area contributed by atoms with Crippen LogP contribution in [0.4, 0.5) is 4.79 Å². The van der Waals surface area contributed by atoms with Crippen molar-refractivity contribution in [3.63, 3.8) is 0 Å². The zero-order chi connectivity index (χ0) is 19.2. The molecule has 0 aliphatic rings. The minimum atomic E-state index is -0.878. The summed E-state index contributed by atoms with van der Waals surface area (Å²) in [6.45, 7) is 0.540. The molecule has 142 valence electrons. The van der Waals surface area contributed by atoms with Gasteiger partial charge < -0.3 is 31.0 Å². The number of aliphatic hydroxyl groups is 2. The molecule has 7 nitrogen and oxygen atoms in total. The molecule has 0 spiro atoms. The molecule has 27 heavy (non-hydrogen) atoms. The number of rotatable bonds is 8. The van der Waals surface area contributed by atoms with E-state index in [4.69, 9.17) is 15.6 Å². The zero-order valence-corrected chi connectivity index (χ0v) is 15.3. The largest absolute Gasteiger partial charge is 0.411 e. The van der Waals surface area contributed by atoms with Crippen molar-refractivity contribution >= 4 is 28.8 Å². The lowest BCUT2D eigenvalue weighted by Crippen LogP contribution is -2.28. The van der Waals surface area contributed by atoms with Gasteiger partial charge in [-0.1, -0.05) is 36.0 Å². The minimum absolute atomic E-state index is 0.282. The van der Waals surface area contributed by atoms with E-state index in [2.05, 4.69) is 10.3 Å². The molecule has 0 aliphatic heterocycles. The number of carbonyl (C=O) groups excluding carboxylic acids is 1. The maximum Gasteiger partial charge on any atom is 0.411 e. The smallest absolute Gasteiger partial charge is 0.394 e. The zero-order valence-electron chi connectivity index (χ0n) is 14.5. The predicted molar refractivity (Wildman–Crippen MR) is 104 cm³/mol. The number of nitrogens with one attached hydrogen (secondary N) is 2. The first-order chi connectivity index (χ1) is 13.1. The lowest BCUT2D eigenvalue weighted by Gasteiger charge is -2.09. The summed E-state index contributed by atoms with van der Waals surface area (Å²) in [7, 11) is 0. The SMILES string of the molecule is NC(=O)Oc1[nH]c2ccc(CNCC(O)CO)cc2c1Sc1ccccc1. The molecule has 0 fully saturated rings. The Morgan fingerprint density at radius 3 is 2.74 bits per heavy atom. The Hall–Kier alpha value is -2.52. The van der Waals surface area contributed by atoms with E-state index >= 15 is 0 Å². The third-order valence-corrected chi connectivity index (χ3v) is 4.99. The molecule has 1 atom stereocenters. The fourth-order valence-corrected chi connectivity index (χ4v) is 3.62. The predicted octanol–water partition coefficient (Wildman–Crippen LogP) is 2.22. The summed E-state index contributed by atoms with van der Waals surface area (Å²) in [4.78, 5) is 16.1. The molecule has 1 heterocycles. The van der Waals surface area contributed by atoms with Crippen LogP contribution < -0.4 is 15.8 Å². The number of aromatic nitrogens is 1. The number of hydrogen-bond donors (Lipinski definition) is 5. The number of hydrogen-bond acceptors (Lipinski definition) is 6. The number of benzene rings is 2.